The van der Waals surface area contributed by atoms with Crippen LogP contribution in [0.3, 0.4) is 0 Å². The smallest absolute Gasteiger partial charge is 0.261 e. The van der Waals surface area contributed by atoms with Gasteiger partial charge < -0.3 is 19.9 Å². The lowest BCUT2D eigenvalue weighted by Gasteiger charge is -2.44. The van der Waals surface area contributed by atoms with Gasteiger partial charge in [-0.3, -0.25) is 4.79 Å². The fourth-order valence-corrected chi connectivity index (χ4v) is 6.38. The molecule has 3 aromatic rings. The number of nitrogens with zero attached hydrogens (tertiary/aromatic N) is 2. The molecule has 4 aliphatic heterocycles. The van der Waals surface area contributed by atoms with E-state index in [1.54, 1.807) is 11.3 Å². The summed E-state index contributed by atoms with van der Waals surface area (Å²) in [5.74, 6) is 0.728. The molecule has 166 valence electrons. The number of hydrogen-bond donors (Lipinski definition) is 1. The molecule has 5 nitrogen and oxygen atoms in total. The predicted molar refractivity (Wildman–Crippen MR) is 131 cm³/mol. The Kier molecular flexibility index (Phi) is 5.37. The molecule has 0 spiro atoms. The fraction of sp³-hybridized carbons (Fsp3) is 0.423. The summed E-state index contributed by atoms with van der Waals surface area (Å²) in [5.41, 5.74) is 3.65. The number of hydrogen-bond acceptors (Lipinski definition) is 5. The van der Waals surface area contributed by atoms with Crippen LogP contribution < -0.4 is 10.2 Å². The monoisotopic (exact) mass is 447 g/mol. The maximum absolute atomic E-state index is 13.0. The van der Waals surface area contributed by atoms with Crippen molar-refractivity contribution in [2.75, 3.05) is 50.8 Å². The molecule has 0 aliphatic carbocycles. The van der Waals surface area contributed by atoms with Gasteiger partial charge in [-0.25, -0.2) is 0 Å². The molecular weight excluding hydrogens is 418 g/mol. The quantitative estimate of drug-likeness (QED) is 0.650. The number of fused-ring (bicyclic) bond motifs is 4. The normalized spacial score (nSPS) is 25.2. The van der Waals surface area contributed by atoms with E-state index >= 15 is 0 Å². The van der Waals surface area contributed by atoms with Gasteiger partial charge in [-0.2, -0.15) is 0 Å². The van der Waals surface area contributed by atoms with Crippen LogP contribution >= 0.6 is 11.3 Å². The fourth-order valence-electron chi connectivity index (χ4n) is 5.38. The van der Waals surface area contributed by atoms with Gasteiger partial charge in [-0.15, -0.1) is 11.3 Å². The van der Waals surface area contributed by atoms with Crippen molar-refractivity contribution in [2.24, 2.45) is 5.92 Å². The van der Waals surface area contributed by atoms with E-state index in [1.165, 1.54) is 47.4 Å². The maximum Gasteiger partial charge on any atom is 0.261 e. The molecule has 7 rings (SSSR count). The van der Waals surface area contributed by atoms with Crippen LogP contribution in [0, 0.1) is 5.92 Å². The van der Waals surface area contributed by atoms with Crippen molar-refractivity contribution in [1.82, 2.24) is 10.2 Å². The van der Waals surface area contributed by atoms with Crippen molar-refractivity contribution in [1.29, 1.82) is 0 Å². The number of morpholine rings is 1. The second kappa shape index (κ2) is 8.50. The van der Waals surface area contributed by atoms with E-state index in [1.807, 2.05) is 6.07 Å². The number of amides is 1. The van der Waals surface area contributed by atoms with Crippen LogP contribution in [0.4, 0.5) is 5.69 Å². The van der Waals surface area contributed by atoms with Gasteiger partial charge in [0.1, 0.15) is 0 Å². The van der Waals surface area contributed by atoms with Crippen LogP contribution in [0.15, 0.2) is 48.5 Å². The summed E-state index contributed by atoms with van der Waals surface area (Å²) in [4.78, 5) is 18.6. The van der Waals surface area contributed by atoms with Crippen LogP contribution in [0.1, 0.15) is 22.5 Å². The zero-order valence-electron chi connectivity index (χ0n) is 18.3. The zero-order valence-corrected chi connectivity index (χ0v) is 19.1. The molecular formula is C26H29N3O2S. The van der Waals surface area contributed by atoms with Gasteiger partial charge in [0.25, 0.3) is 5.91 Å². The summed E-state index contributed by atoms with van der Waals surface area (Å²) in [7, 11) is 0. The van der Waals surface area contributed by atoms with Gasteiger partial charge in [-0.1, -0.05) is 24.3 Å². The number of anilines is 1. The number of carbonyl (C=O) groups is 1. The first-order chi connectivity index (χ1) is 15.7. The van der Waals surface area contributed by atoms with Crippen molar-refractivity contribution in [2.45, 2.75) is 18.9 Å². The Morgan fingerprint density at radius 3 is 2.41 bits per heavy atom. The highest BCUT2D eigenvalue weighted by Gasteiger charge is 2.35. The molecule has 4 fully saturated rings. The summed E-state index contributed by atoms with van der Waals surface area (Å²) in [5, 5.41) is 4.47. The third-order valence-corrected chi connectivity index (χ3v) is 8.39. The lowest BCUT2D eigenvalue weighted by atomic mass is 9.84. The zero-order chi connectivity index (χ0) is 21.5. The topological polar surface area (TPSA) is 44.8 Å². The average Bonchev–Trinajstić information content (AvgIpc) is 3.29. The summed E-state index contributed by atoms with van der Waals surface area (Å²) >= 11 is 1.60. The summed E-state index contributed by atoms with van der Waals surface area (Å²) in [6, 6.07) is 17.7. The highest BCUT2D eigenvalue weighted by atomic mass is 32.1. The highest BCUT2D eigenvalue weighted by Crippen LogP contribution is 2.32. The molecule has 0 unspecified atom stereocenters. The molecule has 5 heterocycles. The first kappa shape index (κ1) is 20.2. The number of ether oxygens (including phenoxy) is 1. The van der Waals surface area contributed by atoms with Gasteiger partial charge in [0.05, 0.1) is 18.1 Å². The molecule has 6 heteroatoms. The third kappa shape index (κ3) is 3.91. The summed E-state index contributed by atoms with van der Waals surface area (Å²) < 4.78 is 6.62. The SMILES string of the molecule is O=C(N[C@H]1CN2CCC1CC2)c1cc2ccc(-c3ccc(N4CCOCC4)cc3)cc2s1. The van der Waals surface area contributed by atoms with Crippen molar-refractivity contribution in [3.8, 4) is 11.1 Å². The second-order valence-corrected chi connectivity index (χ2v) is 10.3. The molecule has 1 aromatic heterocycles. The van der Waals surface area contributed by atoms with Crippen LogP contribution in [0.5, 0.6) is 0 Å². The van der Waals surface area contributed by atoms with E-state index < -0.39 is 0 Å². The Balaban J connectivity index is 1.18. The Hall–Kier alpha value is -2.41. The minimum atomic E-state index is 0.0846. The number of nitrogens with one attached hydrogen (secondary N) is 1. The predicted octanol–water partition coefficient (Wildman–Crippen LogP) is 4.23. The van der Waals surface area contributed by atoms with Crippen molar-refractivity contribution >= 4 is 33.0 Å². The Morgan fingerprint density at radius 2 is 1.69 bits per heavy atom. The van der Waals surface area contributed by atoms with Crippen LogP contribution in [-0.2, 0) is 4.74 Å². The van der Waals surface area contributed by atoms with Gasteiger partial charge in [0, 0.05) is 36.1 Å². The van der Waals surface area contributed by atoms with Crippen molar-refractivity contribution in [3.05, 3.63) is 53.4 Å². The minimum Gasteiger partial charge on any atom is -0.378 e. The van der Waals surface area contributed by atoms with E-state index in [9.17, 15) is 4.79 Å². The first-order valence-corrected chi connectivity index (χ1v) is 12.5. The summed E-state index contributed by atoms with van der Waals surface area (Å²) in [6.45, 7) is 6.88. The molecule has 1 atom stereocenters. The minimum absolute atomic E-state index is 0.0846. The van der Waals surface area contributed by atoms with E-state index in [0.29, 0.717) is 12.0 Å². The van der Waals surface area contributed by atoms with E-state index in [4.69, 9.17) is 4.74 Å². The molecule has 0 radical (unpaired) electrons. The second-order valence-electron chi connectivity index (χ2n) is 9.23. The average molecular weight is 448 g/mol. The Labute approximate surface area is 193 Å². The van der Waals surface area contributed by atoms with Crippen molar-refractivity contribution < 1.29 is 9.53 Å². The largest absolute Gasteiger partial charge is 0.378 e. The van der Waals surface area contributed by atoms with E-state index in [2.05, 4.69) is 57.6 Å². The van der Waals surface area contributed by atoms with Crippen molar-refractivity contribution in [3.63, 3.8) is 0 Å². The number of piperidine rings is 3. The van der Waals surface area contributed by atoms with Crippen LogP contribution in [-0.4, -0.2) is 62.8 Å². The Morgan fingerprint density at radius 1 is 0.938 bits per heavy atom. The van der Waals surface area contributed by atoms with Gasteiger partial charge in [0.2, 0.25) is 0 Å². The molecule has 1 N–H and O–H groups in total. The van der Waals surface area contributed by atoms with Crippen LogP contribution in [0.25, 0.3) is 21.2 Å². The molecule has 2 aromatic carbocycles. The number of thiophene rings is 1. The maximum atomic E-state index is 13.0. The number of benzene rings is 2. The molecule has 2 bridgehead atoms. The molecule has 4 saturated heterocycles. The van der Waals surface area contributed by atoms with Gasteiger partial charge in [0.15, 0.2) is 0 Å². The molecule has 32 heavy (non-hydrogen) atoms. The molecule has 0 saturated carbocycles. The lowest BCUT2D eigenvalue weighted by molar-refractivity contribution is 0.0622. The third-order valence-electron chi connectivity index (χ3n) is 7.29. The van der Waals surface area contributed by atoms with Gasteiger partial charge >= 0.3 is 0 Å². The summed E-state index contributed by atoms with van der Waals surface area (Å²) in [6.07, 6.45) is 2.43. The molecule has 1 amide bonds. The van der Waals surface area contributed by atoms with E-state index in [0.717, 1.165) is 43.1 Å². The standard InChI is InChI=1S/C26H29N3O2S/c30-26(27-23-17-28-9-7-19(23)8-10-28)25-16-21-2-1-20(15-24(21)32-25)18-3-5-22(6-4-18)29-11-13-31-14-12-29/h1-6,15-16,19,23H,7-14,17H2,(H,27,30)/t23-/m0/s1. The van der Waals surface area contributed by atoms with Gasteiger partial charge in [-0.05, 0) is 72.6 Å². The highest BCUT2D eigenvalue weighted by molar-refractivity contribution is 7.20. The lowest BCUT2D eigenvalue weighted by Crippen LogP contribution is -2.57. The molecule has 4 aliphatic rings. The number of rotatable bonds is 4. The first-order valence-electron chi connectivity index (χ1n) is 11.7. The van der Waals surface area contributed by atoms with E-state index in [-0.39, 0.29) is 5.91 Å². The Bertz CT molecular complexity index is 1110. The van der Waals surface area contributed by atoms with Crippen LogP contribution in [0.2, 0.25) is 0 Å². The number of carbonyl (C=O) groups excluding carboxylic acids is 1.